The molecular formula is C31H35F3N6O2. The molecule has 2 atom stereocenters. The van der Waals surface area contributed by atoms with E-state index in [1.165, 1.54) is 6.07 Å². The Bertz CT molecular complexity index is 1420. The molecule has 4 heterocycles. The molecule has 222 valence electrons. The Labute approximate surface area is 243 Å². The lowest BCUT2D eigenvalue weighted by molar-refractivity contribution is -0.137. The molecule has 0 spiro atoms. The van der Waals surface area contributed by atoms with Crippen molar-refractivity contribution in [2.45, 2.75) is 50.0 Å². The number of pyridine rings is 2. The number of anilines is 1. The Morgan fingerprint density at radius 3 is 2.57 bits per heavy atom. The molecule has 0 bridgehead atoms. The summed E-state index contributed by atoms with van der Waals surface area (Å²) in [4.78, 5) is 13.2. The Morgan fingerprint density at radius 2 is 1.95 bits per heavy atom. The van der Waals surface area contributed by atoms with Crippen LogP contribution in [0.4, 0.5) is 18.9 Å². The first-order chi connectivity index (χ1) is 20.1. The van der Waals surface area contributed by atoms with E-state index in [-0.39, 0.29) is 11.6 Å². The predicted molar refractivity (Wildman–Crippen MR) is 153 cm³/mol. The second-order valence-corrected chi connectivity index (χ2v) is 11.0. The average molecular weight is 581 g/mol. The summed E-state index contributed by atoms with van der Waals surface area (Å²) < 4.78 is 45.5. The fourth-order valence-corrected chi connectivity index (χ4v) is 6.08. The second-order valence-electron chi connectivity index (χ2n) is 11.0. The van der Waals surface area contributed by atoms with E-state index in [0.717, 1.165) is 42.8 Å². The van der Waals surface area contributed by atoms with Gasteiger partial charge in [0.25, 0.3) is 0 Å². The van der Waals surface area contributed by atoms with Crippen LogP contribution in [0.5, 0.6) is 5.88 Å². The molecule has 0 amide bonds. The van der Waals surface area contributed by atoms with Gasteiger partial charge in [-0.25, -0.2) is 4.98 Å². The van der Waals surface area contributed by atoms with Crippen LogP contribution in [0.1, 0.15) is 42.9 Å². The molecule has 1 aromatic carbocycles. The Hall–Kier alpha value is -3.72. The predicted octanol–water partition coefficient (Wildman–Crippen LogP) is 4.58. The summed E-state index contributed by atoms with van der Waals surface area (Å²) in [5.41, 5.74) is 1.25. The van der Waals surface area contributed by atoms with Crippen molar-refractivity contribution >= 4 is 5.69 Å². The highest BCUT2D eigenvalue weighted by Gasteiger charge is 2.44. The largest absolute Gasteiger partial charge is 0.477 e. The van der Waals surface area contributed by atoms with Gasteiger partial charge < -0.3 is 19.6 Å². The maximum Gasteiger partial charge on any atom is 0.416 e. The number of hydrogen-bond acceptors (Lipinski definition) is 8. The van der Waals surface area contributed by atoms with Crippen LogP contribution in [0.3, 0.4) is 0 Å². The molecule has 2 aromatic heterocycles. The quantitative estimate of drug-likeness (QED) is 0.374. The number of piperidine rings is 1. The lowest BCUT2D eigenvalue weighted by Crippen LogP contribution is -2.57. The van der Waals surface area contributed by atoms with E-state index in [9.17, 15) is 23.5 Å². The van der Waals surface area contributed by atoms with E-state index in [0.29, 0.717) is 49.8 Å². The summed E-state index contributed by atoms with van der Waals surface area (Å²) >= 11 is 0. The average Bonchev–Trinajstić information content (AvgIpc) is 3.41. The van der Waals surface area contributed by atoms with Gasteiger partial charge in [-0.05, 0) is 81.7 Å². The first-order valence-corrected chi connectivity index (χ1v) is 14.2. The van der Waals surface area contributed by atoms with Gasteiger partial charge >= 0.3 is 6.18 Å². The minimum atomic E-state index is -4.52. The van der Waals surface area contributed by atoms with Gasteiger partial charge in [0, 0.05) is 43.5 Å². The number of halogens is 3. The molecule has 0 aliphatic carbocycles. The Morgan fingerprint density at radius 1 is 1.17 bits per heavy atom. The van der Waals surface area contributed by atoms with Crippen LogP contribution in [-0.2, 0) is 11.6 Å². The zero-order chi connectivity index (χ0) is 29.9. The van der Waals surface area contributed by atoms with Crippen molar-refractivity contribution in [1.82, 2.24) is 20.2 Å². The number of nitrogens with one attached hydrogen (secondary N) is 1. The number of aliphatic hydroxyl groups excluding tert-OH is 1. The minimum absolute atomic E-state index is 0.0161. The topological polar surface area (TPSA) is 97.5 Å². The van der Waals surface area contributed by atoms with Crippen LogP contribution in [0.2, 0.25) is 0 Å². The van der Waals surface area contributed by atoms with E-state index in [1.807, 2.05) is 42.2 Å². The fourth-order valence-electron chi connectivity index (χ4n) is 6.08. The van der Waals surface area contributed by atoms with Crippen LogP contribution < -0.4 is 15.0 Å². The number of alkyl halides is 3. The number of hydrogen-bond donors (Lipinski definition) is 2. The van der Waals surface area contributed by atoms with E-state index in [1.54, 1.807) is 12.4 Å². The molecule has 0 saturated carbocycles. The zero-order valence-corrected chi connectivity index (χ0v) is 23.7. The van der Waals surface area contributed by atoms with E-state index in [2.05, 4.69) is 22.2 Å². The second kappa shape index (κ2) is 12.3. The van der Waals surface area contributed by atoms with Crippen molar-refractivity contribution in [2.24, 2.45) is 0 Å². The van der Waals surface area contributed by atoms with Crippen molar-refractivity contribution < 1.29 is 23.0 Å². The molecule has 2 saturated heterocycles. The minimum Gasteiger partial charge on any atom is -0.477 e. The lowest BCUT2D eigenvalue weighted by Gasteiger charge is -2.46. The smallest absolute Gasteiger partial charge is 0.416 e. The molecule has 5 rings (SSSR count). The van der Waals surface area contributed by atoms with Crippen LogP contribution in [0.15, 0.2) is 54.9 Å². The molecule has 8 nitrogen and oxygen atoms in total. The molecule has 1 unspecified atom stereocenters. The number of ether oxygens (including phenoxy) is 1. The van der Waals surface area contributed by atoms with E-state index < -0.39 is 23.4 Å². The number of likely N-dealkylation sites (tertiary alicyclic amines) is 1. The van der Waals surface area contributed by atoms with Gasteiger partial charge in [0.15, 0.2) is 0 Å². The molecule has 0 radical (unpaired) electrons. The van der Waals surface area contributed by atoms with Crippen LogP contribution in [0.25, 0.3) is 11.3 Å². The van der Waals surface area contributed by atoms with Gasteiger partial charge in [0.05, 0.1) is 34.7 Å². The number of nitrogens with zero attached hydrogens (tertiary/aromatic N) is 5. The van der Waals surface area contributed by atoms with Gasteiger partial charge in [-0.2, -0.15) is 18.4 Å². The third-order valence-electron chi connectivity index (χ3n) is 8.42. The zero-order valence-electron chi connectivity index (χ0n) is 23.7. The van der Waals surface area contributed by atoms with Gasteiger partial charge in [0.2, 0.25) is 5.88 Å². The highest BCUT2D eigenvalue weighted by atomic mass is 19.4. The van der Waals surface area contributed by atoms with Gasteiger partial charge in [-0.15, -0.1) is 0 Å². The first kappa shape index (κ1) is 29.8. The number of likely N-dealkylation sites (N-methyl/N-ethyl adjacent to an activating group) is 1. The molecule has 2 aliphatic rings. The number of nitriles is 1. The summed E-state index contributed by atoms with van der Waals surface area (Å²) in [5.74, 6) is 0.500. The van der Waals surface area contributed by atoms with Crippen molar-refractivity contribution in [3.8, 4) is 23.2 Å². The van der Waals surface area contributed by atoms with Crippen molar-refractivity contribution in [1.29, 1.82) is 5.26 Å². The summed E-state index contributed by atoms with van der Waals surface area (Å²) in [7, 11) is 2.05. The van der Waals surface area contributed by atoms with Gasteiger partial charge in [-0.3, -0.25) is 10.3 Å². The molecular weight excluding hydrogens is 545 g/mol. The monoisotopic (exact) mass is 580 g/mol. The number of benzene rings is 1. The maximum absolute atomic E-state index is 13.3. The summed E-state index contributed by atoms with van der Waals surface area (Å²) in [5, 5.41) is 24.8. The SMILES string of the molecule is CCOc1ncccc1-c1ccc(C2(C(O)N[C@@H]3CCN(C)C3)CCN(c3ccc(C(F)(F)F)cc3C#N)CC2)cn1. The molecule has 11 heteroatoms. The van der Waals surface area contributed by atoms with E-state index >= 15 is 0 Å². The molecule has 3 aromatic rings. The maximum atomic E-state index is 13.3. The van der Waals surface area contributed by atoms with Crippen LogP contribution >= 0.6 is 0 Å². The first-order valence-electron chi connectivity index (χ1n) is 14.2. The summed E-state index contributed by atoms with van der Waals surface area (Å²) in [6.07, 6.45) is 0.00104. The van der Waals surface area contributed by atoms with Crippen LogP contribution in [0, 0.1) is 11.3 Å². The highest BCUT2D eigenvalue weighted by Crippen LogP contribution is 2.41. The summed E-state index contributed by atoms with van der Waals surface area (Å²) in [6.45, 7) is 5.03. The lowest BCUT2D eigenvalue weighted by atomic mass is 9.71. The number of aliphatic hydroxyl groups is 1. The van der Waals surface area contributed by atoms with E-state index in [4.69, 9.17) is 9.72 Å². The Balaban J connectivity index is 1.43. The standard InChI is InChI=1S/C31H35F3N6O2/c1-3-42-28-25(5-4-13-36-28)26-8-6-23(19-37-26)30(29(41)38-24-10-14-39(2)20-24)11-15-40(16-12-30)27-9-7-22(31(32,33)34)17-21(27)18-35/h4-9,13,17,19,24,29,38,41H,3,10-12,14-16,20H2,1-2H3/t24-,29?/m1/s1. The van der Waals surface area contributed by atoms with Gasteiger partial charge in [0.1, 0.15) is 12.3 Å². The van der Waals surface area contributed by atoms with Crippen molar-refractivity contribution in [3.63, 3.8) is 0 Å². The normalized spacial score (nSPS) is 19.8. The third-order valence-corrected chi connectivity index (χ3v) is 8.42. The van der Waals surface area contributed by atoms with Crippen molar-refractivity contribution in [2.75, 3.05) is 44.7 Å². The fraction of sp³-hybridized carbons (Fsp3) is 0.452. The Kier molecular flexibility index (Phi) is 8.68. The molecule has 2 fully saturated rings. The highest BCUT2D eigenvalue weighted by molar-refractivity contribution is 5.65. The van der Waals surface area contributed by atoms with Gasteiger partial charge in [-0.1, -0.05) is 6.07 Å². The molecule has 2 aliphatic heterocycles. The summed E-state index contributed by atoms with van der Waals surface area (Å²) in [6, 6.07) is 13.0. The number of rotatable bonds is 8. The van der Waals surface area contributed by atoms with Crippen molar-refractivity contribution in [3.05, 3.63) is 71.5 Å². The number of aromatic nitrogens is 2. The molecule has 2 N–H and O–H groups in total. The third kappa shape index (κ3) is 6.07. The van der Waals surface area contributed by atoms with Crippen LogP contribution in [-0.4, -0.2) is 72.1 Å². The molecule has 42 heavy (non-hydrogen) atoms.